The first-order chi connectivity index (χ1) is 13.9. The van der Waals surface area contributed by atoms with Crippen LogP contribution in [-0.2, 0) is 38.5 Å². The Balaban J connectivity index is 0.000000103. The van der Waals surface area contributed by atoms with Gasteiger partial charge in [-0.15, -0.1) is 0 Å². The Morgan fingerprint density at radius 1 is 0.393 bits per heavy atom. The molecule has 0 nitrogen and oxygen atoms in total. The minimum atomic E-state index is 0.953. The molecule has 2 unspecified atom stereocenters. The van der Waals surface area contributed by atoms with Crippen LogP contribution < -0.4 is 0 Å². The second-order valence-corrected chi connectivity index (χ2v) is 9.78. The third-order valence-electron chi connectivity index (χ3n) is 8.51. The molecule has 3 aromatic rings. The van der Waals surface area contributed by atoms with E-state index in [0.29, 0.717) is 0 Å². The Labute approximate surface area is 168 Å². The zero-order valence-corrected chi connectivity index (χ0v) is 16.7. The Bertz CT molecular complexity index is 996. The molecule has 0 N–H and O–H groups in total. The first-order valence-electron chi connectivity index (χ1n) is 11.6. The summed E-state index contributed by atoms with van der Waals surface area (Å²) in [5.41, 5.74) is 13.4. The average molecular weight is 365 g/mol. The normalized spacial score (nSPS) is 24.4. The van der Waals surface area contributed by atoms with Gasteiger partial charge in [0, 0.05) is 0 Å². The fourth-order valence-electron chi connectivity index (χ4n) is 7.22. The molecule has 0 spiro atoms. The van der Waals surface area contributed by atoms with E-state index < -0.39 is 0 Å². The predicted octanol–water partition coefficient (Wildman–Crippen LogP) is 6.58. The molecular formula is C28H28. The summed E-state index contributed by atoms with van der Waals surface area (Å²) in [6.07, 6.45) is 13.6. The molecule has 28 heavy (non-hydrogen) atoms. The summed E-state index contributed by atoms with van der Waals surface area (Å²) in [5, 5.41) is 3.22. The van der Waals surface area contributed by atoms with E-state index in [1.54, 1.807) is 44.2 Å². The molecule has 0 saturated carbocycles. The molecule has 0 fully saturated rings. The largest absolute Gasteiger partial charge is 0.0585 e. The van der Waals surface area contributed by atoms with Gasteiger partial charge < -0.3 is 0 Å². The summed E-state index contributed by atoms with van der Waals surface area (Å²) >= 11 is 0. The second-order valence-electron chi connectivity index (χ2n) is 9.78. The Kier molecular flexibility index (Phi) is 3.23. The molecule has 0 heteroatoms. The van der Waals surface area contributed by atoms with Crippen LogP contribution in [0.2, 0.25) is 0 Å². The maximum Gasteiger partial charge on any atom is -0.0114 e. The van der Waals surface area contributed by atoms with Crippen molar-refractivity contribution in [1.82, 2.24) is 0 Å². The van der Waals surface area contributed by atoms with Gasteiger partial charge in [0.05, 0.1) is 0 Å². The highest BCUT2D eigenvalue weighted by Crippen LogP contribution is 2.52. The highest BCUT2D eigenvalue weighted by Gasteiger charge is 2.36. The highest BCUT2D eigenvalue weighted by molar-refractivity contribution is 5.97. The van der Waals surface area contributed by atoms with Crippen molar-refractivity contribution >= 4 is 10.8 Å². The van der Waals surface area contributed by atoms with Gasteiger partial charge in [0.25, 0.3) is 0 Å². The average Bonchev–Trinajstić information content (AvgIpc) is 3.49. The van der Waals surface area contributed by atoms with E-state index in [4.69, 9.17) is 0 Å². The van der Waals surface area contributed by atoms with E-state index in [2.05, 4.69) is 36.4 Å². The van der Waals surface area contributed by atoms with Crippen molar-refractivity contribution in [3.05, 3.63) is 80.9 Å². The molecule has 2 atom stereocenters. The Morgan fingerprint density at radius 3 is 1.14 bits per heavy atom. The first kappa shape index (κ1) is 15.8. The quantitative estimate of drug-likeness (QED) is 0.423. The van der Waals surface area contributed by atoms with Crippen LogP contribution in [0.3, 0.4) is 0 Å². The molecule has 0 heterocycles. The minimum absolute atomic E-state index is 0.953. The van der Waals surface area contributed by atoms with Crippen LogP contribution in [0.15, 0.2) is 36.4 Å². The van der Waals surface area contributed by atoms with Crippen molar-refractivity contribution in [1.29, 1.82) is 0 Å². The van der Waals surface area contributed by atoms with Crippen molar-refractivity contribution < 1.29 is 0 Å². The first-order valence-corrected chi connectivity index (χ1v) is 11.6. The van der Waals surface area contributed by atoms with E-state index in [-0.39, 0.29) is 0 Å². The van der Waals surface area contributed by atoms with Crippen LogP contribution in [0.5, 0.6) is 0 Å². The van der Waals surface area contributed by atoms with E-state index in [0.717, 1.165) is 11.8 Å². The molecule has 0 amide bonds. The van der Waals surface area contributed by atoms with E-state index in [1.807, 2.05) is 11.1 Å². The van der Waals surface area contributed by atoms with Crippen LogP contribution in [0.1, 0.15) is 82.0 Å². The summed E-state index contributed by atoms with van der Waals surface area (Å²) in [7, 11) is 0. The van der Waals surface area contributed by atoms with Gasteiger partial charge in [-0.25, -0.2) is 0 Å². The molecular weight excluding hydrogens is 336 g/mol. The van der Waals surface area contributed by atoms with E-state index in [1.165, 1.54) is 64.2 Å². The van der Waals surface area contributed by atoms with Gasteiger partial charge in [0.2, 0.25) is 0 Å². The second kappa shape index (κ2) is 5.72. The molecule has 0 aliphatic heterocycles. The molecule has 8 rings (SSSR count). The number of hydrogen-bond acceptors (Lipinski definition) is 0. The summed E-state index contributed by atoms with van der Waals surface area (Å²) in [4.78, 5) is 0. The zero-order valence-electron chi connectivity index (χ0n) is 16.7. The van der Waals surface area contributed by atoms with Gasteiger partial charge in [-0.1, -0.05) is 36.4 Å². The summed E-state index contributed by atoms with van der Waals surface area (Å²) < 4.78 is 0. The lowest BCUT2D eigenvalue weighted by molar-refractivity contribution is 0.487. The lowest BCUT2D eigenvalue weighted by atomic mass is 9.78. The van der Waals surface area contributed by atoms with Crippen LogP contribution in [0.25, 0.3) is 10.8 Å². The molecule has 0 saturated heterocycles. The fraction of sp³-hybridized carbons (Fsp3) is 0.429. The summed E-state index contributed by atoms with van der Waals surface area (Å²) in [5.74, 6) is 1.91. The summed E-state index contributed by atoms with van der Waals surface area (Å²) in [6.45, 7) is 0. The van der Waals surface area contributed by atoms with Gasteiger partial charge in [-0.2, -0.15) is 0 Å². The molecule has 140 valence electrons. The monoisotopic (exact) mass is 364 g/mol. The number of rotatable bonds is 0. The smallest absolute Gasteiger partial charge is 0.0114 e. The summed E-state index contributed by atoms with van der Waals surface area (Å²) in [6, 6.07) is 14.2. The van der Waals surface area contributed by atoms with Crippen molar-refractivity contribution in [3.63, 3.8) is 0 Å². The molecule has 5 aliphatic carbocycles. The molecule has 0 aromatic heterocycles. The molecule has 5 aliphatic rings. The number of benzene rings is 3. The molecule has 0 bridgehead atoms. The van der Waals surface area contributed by atoms with E-state index >= 15 is 0 Å². The van der Waals surface area contributed by atoms with Crippen molar-refractivity contribution in [2.24, 2.45) is 0 Å². The van der Waals surface area contributed by atoms with Gasteiger partial charge in [-0.05, 0) is 131 Å². The lowest BCUT2D eigenvalue weighted by Gasteiger charge is -2.26. The van der Waals surface area contributed by atoms with Gasteiger partial charge in [-0.3, -0.25) is 0 Å². The van der Waals surface area contributed by atoms with Crippen molar-refractivity contribution in [3.8, 4) is 0 Å². The maximum absolute atomic E-state index is 2.42. The standard InChI is InChI=1S/C14H16.C14H12/c2*1-2-10-7-8-12-4-3-11-6-5-9(1)13(10)14(11)12/h5-6,10,12H,1-4,7-8H2;5-8H,1-4H2. The van der Waals surface area contributed by atoms with Gasteiger partial charge in [0.15, 0.2) is 0 Å². The van der Waals surface area contributed by atoms with Crippen molar-refractivity contribution in [2.75, 3.05) is 0 Å². The molecule has 0 radical (unpaired) electrons. The zero-order chi connectivity index (χ0) is 18.2. The Hall–Kier alpha value is -2.08. The maximum atomic E-state index is 2.42. The highest BCUT2D eigenvalue weighted by atomic mass is 14.4. The van der Waals surface area contributed by atoms with E-state index in [9.17, 15) is 0 Å². The minimum Gasteiger partial charge on any atom is -0.0585 e. The van der Waals surface area contributed by atoms with Crippen LogP contribution in [-0.4, -0.2) is 0 Å². The van der Waals surface area contributed by atoms with Crippen LogP contribution in [0, 0.1) is 0 Å². The molecule has 3 aromatic carbocycles. The fourth-order valence-corrected chi connectivity index (χ4v) is 7.22. The Morgan fingerprint density at radius 2 is 0.750 bits per heavy atom. The third-order valence-corrected chi connectivity index (χ3v) is 8.51. The third kappa shape index (κ3) is 2.07. The van der Waals surface area contributed by atoms with Gasteiger partial charge in [0.1, 0.15) is 0 Å². The van der Waals surface area contributed by atoms with Crippen LogP contribution in [0.4, 0.5) is 0 Å². The van der Waals surface area contributed by atoms with Gasteiger partial charge >= 0.3 is 0 Å². The lowest BCUT2D eigenvalue weighted by Crippen LogP contribution is -2.09. The predicted molar refractivity (Wildman–Crippen MR) is 117 cm³/mol. The van der Waals surface area contributed by atoms with Crippen molar-refractivity contribution in [2.45, 2.75) is 76.0 Å². The number of aryl methyl sites for hydroxylation is 6. The number of hydrogen-bond donors (Lipinski definition) is 0. The SMILES string of the molecule is c1cc2c3c(ccc4c3c1CC4)CC2.c1cc2c3c4c1CCC4CCC3CC2. The van der Waals surface area contributed by atoms with Crippen LogP contribution >= 0.6 is 0 Å². The topological polar surface area (TPSA) is 0 Å².